The van der Waals surface area contributed by atoms with Crippen molar-refractivity contribution in [3.63, 3.8) is 0 Å². The molecule has 1 heterocycles. The Morgan fingerprint density at radius 2 is 1.52 bits per heavy atom. The number of rotatable bonds is 15. The van der Waals surface area contributed by atoms with Crippen LogP contribution < -0.4 is 0 Å². The zero-order chi connectivity index (χ0) is 20.1. The Hall–Kier alpha value is -0.320. The van der Waals surface area contributed by atoms with Crippen molar-refractivity contribution in [3.8, 4) is 0 Å². The predicted octanol–water partition coefficient (Wildman–Crippen LogP) is 0.585. The van der Waals surface area contributed by atoms with Crippen molar-refractivity contribution in [3.05, 3.63) is 0 Å². The van der Waals surface area contributed by atoms with E-state index in [1.807, 2.05) is 0 Å². The molecular formula is C19H38O8. The van der Waals surface area contributed by atoms with Crippen LogP contribution in [0.2, 0.25) is 0 Å². The van der Waals surface area contributed by atoms with Crippen molar-refractivity contribution in [2.75, 3.05) is 33.0 Å². The molecule has 4 N–H and O–H groups in total. The summed E-state index contributed by atoms with van der Waals surface area (Å²) in [6.45, 7) is 5.50. The molecule has 162 valence electrons. The summed E-state index contributed by atoms with van der Waals surface area (Å²) in [5, 5.41) is 38.9. The number of ether oxygens (including phenoxy) is 4. The Morgan fingerprint density at radius 3 is 2.15 bits per heavy atom. The number of hydrogen-bond donors (Lipinski definition) is 4. The Bertz CT molecular complexity index is 355. The van der Waals surface area contributed by atoms with Crippen molar-refractivity contribution in [1.29, 1.82) is 0 Å². The molecule has 8 heteroatoms. The van der Waals surface area contributed by atoms with Crippen molar-refractivity contribution < 1.29 is 39.4 Å². The van der Waals surface area contributed by atoms with Crippen LogP contribution in [0.5, 0.6) is 0 Å². The number of aliphatic hydroxyl groups excluding tert-OH is 4. The maximum atomic E-state index is 10.0. The van der Waals surface area contributed by atoms with Gasteiger partial charge in [-0.25, -0.2) is 0 Å². The third kappa shape index (κ3) is 9.15. The molecule has 1 saturated heterocycles. The molecule has 6 atom stereocenters. The smallest absolute Gasteiger partial charge is 0.186 e. The third-order valence-electron chi connectivity index (χ3n) is 4.59. The lowest BCUT2D eigenvalue weighted by Gasteiger charge is -2.39. The van der Waals surface area contributed by atoms with E-state index < -0.39 is 37.3 Å². The normalized spacial score (nSPS) is 29.8. The van der Waals surface area contributed by atoms with Crippen LogP contribution in [0.25, 0.3) is 0 Å². The van der Waals surface area contributed by atoms with Gasteiger partial charge in [0.1, 0.15) is 30.5 Å². The lowest BCUT2D eigenvalue weighted by Crippen LogP contribution is -2.59. The first-order chi connectivity index (χ1) is 13.0. The van der Waals surface area contributed by atoms with Crippen LogP contribution in [0, 0.1) is 0 Å². The first kappa shape index (κ1) is 24.7. The molecule has 1 aliphatic rings. The molecule has 0 saturated carbocycles. The van der Waals surface area contributed by atoms with E-state index in [1.165, 1.54) is 0 Å². The summed E-state index contributed by atoms with van der Waals surface area (Å²) >= 11 is 0. The van der Waals surface area contributed by atoms with Crippen LogP contribution in [0.4, 0.5) is 0 Å². The first-order valence-electron chi connectivity index (χ1n) is 10.2. The van der Waals surface area contributed by atoms with Gasteiger partial charge in [0.15, 0.2) is 6.29 Å². The van der Waals surface area contributed by atoms with Gasteiger partial charge in [0.25, 0.3) is 0 Å². The van der Waals surface area contributed by atoms with E-state index in [-0.39, 0.29) is 12.7 Å². The average molecular weight is 395 g/mol. The number of hydrogen-bond acceptors (Lipinski definition) is 8. The SMILES string of the molecule is CCCCCOC[C@H](CO[C@H]1O[C@H](CO)[C@H](O)[C@H](O)[C@H]1O)OCCCCC. The molecule has 8 nitrogen and oxygen atoms in total. The summed E-state index contributed by atoms with van der Waals surface area (Å²) in [6, 6.07) is 0. The van der Waals surface area contributed by atoms with E-state index in [2.05, 4.69) is 13.8 Å². The van der Waals surface area contributed by atoms with Gasteiger partial charge >= 0.3 is 0 Å². The average Bonchev–Trinajstić information content (AvgIpc) is 2.68. The van der Waals surface area contributed by atoms with Gasteiger partial charge in [-0.3, -0.25) is 0 Å². The van der Waals surface area contributed by atoms with Crippen LogP contribution in [0.3, 0.4) is 0 Å². The maximum Gasteiger partial charge on any atom is 0.186 e. The third-order valence-corrected chi connectivity index (χ3v) is 4.59. The second kappa shape index (κ2) is 14.6. The highest BCUT2D eigenvalue weighted by atomic mass is 16.7. The molecule has 1 rings (SSSR count). The predicted molar refractivity (Wildman–Crippen MR) is 99.3 cm³/mol. The zero-order valence-corrected chi connectivity index (χ0v) is 16.7. The molecule has 0 aromatic carbocycles. The summed E-state index contributed by atoms with van der Waals surface area (Å²) in [6.07, 6.45) is -0.349. The van der Waals surface area contributed by atoms with Crippen LogP contribution in [0.1, 0.15) is 52.4 Å². The van der Waals surface area contributed by atoms with Gasteiger partial charge in [0, 0.05) is 13.2 Å². The van der Waals surface area contributed by atoms with E-state index in [0.29, 0.717) is 19.8 Å². The Balaban J connectivity index is 2.46. The van der Waals surface area contributed by atoms with Crippen molar-refractivity contribution in [2.24, 2.45) is 0 Å². The standard InChI is InChI=1S/C19H38O8/c1-3-5-7-9-24-12-14(25-10-8-6-4-2)13-26-19-18(23)17(22)16(21)15(11-20)27-19/h14-23H,3-13H2,1-2H3/t14-,15-,16+,17+,18-,19+/m1/s1. The molecular weight excluding hydrogens is 356 g/mol. The minimum Gasteiger partial charge on any atom is -0.394 e. The summed E-state index contributed by atoms with van der Waals surface area (Å²) in [7, 11) is 0. The summed E-state index contributed by atoms with van der Waals surface area (Å²) in [5.41, 5.74) is 0. The number of unbranched alkanes of at least 4 members (excludes halogenated alkanes) is 4. The van der Waals surface area contributed by atoms with Crippen molar-refractivity contribution in [2.45, 2.75) is 89.2 Å². The Morgan fingerprint density at radius 1 is 0.852 bits per heavy atom. The molecule has 0 amide bonds. The Kier molecular flexibility index (Phi) is 13.4. The first-order valence-corrected chi connectivity index (χ1v) is 10.2. The van der Waals surface area contributed by atoms with Gasteiger partial charge in [0.05, 0.1) is 19.8 Å². The van der Waals surface area contributed by atoms with Crippen LogP contribution in [0.15, 0.2) is 0 Å². The van der Waals surface area contributed by atoms with E-state index in [4.69, 9.17) is 18.9 Å². The van der Waals surface area contributed by atoms with Crippen LogP contribution in [-0.2, 0) is 18.9 Å². The van der Waals surface area contributed by atoms with Crippen molar-refractivity contribution >= 4 is 0 Å². The molecule has 1 fully saturated rings. The fourth-order valence-corrected chi connectivity index (χ4v) is 2.82. The zero-order valence-electron chi connectivity index (χ0n) is 16.7. The Labute approximate surface area is 162 Å². The quantitative estimate of drug-likeness (QED) is 0.298. The largest absolute Gasteiger partial charge is 0.394 e. The highest BCUT2D eigenvalue weighted by Gasteiger charge is 2.44. The van der Waals surface area contributed by atoms with Crippen LogP contribution >= 0.6 is 0 Å². The number of aliphatic hydroxyl groups is 4. The second-order valence-corrected chi connectivity index (χ2v) is 7.01. The monoisotopic (exact) mass is 394 g/mol. The molecule has 0 aromatic rings. The topological polar surface area (TPSA) is 118 Å². The second-order valence-electron chi connectivity index (χ2n) is 7.01. The fourth-order valence-electron chi connectivity index (χ4n) is 2.82. The molecule has 1 aliphatic heterocycles. The van der Waals surface area contributed by atoms with Gasteiger partial charge in [-0.2, -0.15) is 0 Å². The van der Waals surface area contributed by atoms with Gasteiger partial charge < -0.3 is 39.4 Å². The molecule has 0 spiro atoms. The van der Waals surface area contributed by atoms with E-state index >= 15 is 0 Å². The highest BCUT2D eigenvalue weighted by molar-refractivity contribution is 4.88. The fraction of sp³-hybridized carbons (Fsp3) is 1.00. The minimum absolute atomic E-state index is 0.114. The summed E-state index contributed by atoms with van der Waals surface area (Å²) < 4.78 is 22.4. The molecule has 0 radical (unpaired) electrons. The lowest BCUT2D eigenvalue weighted by atomic mass is 9.99. The molecule has 0 aliphatic carbocycles. The van der Waals surface area contributed by atoms with Crippen LogP contribution in [-0.4, -0.2) is 90.3 Å². The minimum atomic E-state index is -1.45. The maximum absolute atomic E-state index is 10.0. The summed E-state index contributed by atoms with van der Waals surface area (Å²) in [4.78, 5) is 0. The highest BCUT2D eigenvalue weighted by Crippen LogP contribution is 2.22. The summed E-state index contributed by atoms with van der Waals surface area (Å²) in [5.74, 6) is 0. The van der Waals surface area contributed by atoms with Gasteiger partial charge in [-0.1, -0.05) is 39.5 Å². The molecule has 0 aromatic heterocycles. The lowest BCUT2D eigenvalue weighted by molar-refractivity contribution is -0.306. The molecule has 0 unspecified atom stereocenters. The molecule has 27 heavy (non-hydrogen) atoms. The van der Waals surface area contributed by atoms with E-state index in [1.54, 1.807) is 0 Å². The van der Waals surface area contributed by atoms with Gasteiger partial charge in [0.2, 0.25) is 0 Å². The van der Waals surface area contributed by atoms with Gasteiger partial charge in [-0.05, 0) is 12.8 Å². The van der Waals surface area contributed by atoms with Gasteiger partial charge in [-0.15, -0.1) is 0 Å². The van der Waals surface area contributed by atoms with E-state index in [0.717, 1.165) is 38.5 Å². The van der Waals surface area contributed by atoms with E-state index in [9.17, 15) is 20.4 Å². The van der Waals surface area contributed by atoms with Crippen molar-refractivity contribution in [1.82, 2.24) is 0 Å². The molecule has 0 bridgehead atoms.